The summed E-state index contributed by atoms with van der Waals surface area (Å²) in [5, 5.41) is 2.83. The molecule has 0 aliphatic rings. The molecule has 0 atom stereocenters. The van der Waals surface area contributed by atoms with Crippen molar-refractivity contribution in [2.75, 3.05) is 24.7 Å². The third-order valence-corrected chi connectivity index (χ3v) is 2.92. The van der Waals surface area contributed by atoms with Crippen LogP contribution in [-0.4, -0.2) is 25.0 Å². The number of carbonyl (C=O) groups is 1. The van der Waals surface area contributed by atoms with Crippen LogP contribution in [0.2, 0.25) is 0 Å². The summed E-state index contributed by atoms with van der Waals surface area (Å²) in [6.07, 6.45) is 1.47. The van der Waals surface area contributed by atoms with Gasteiger partial charge in [0.15, 0.2) is 0 Å². The predicted molar refractivity (Wildman–Crippen MR) is 80.6 cm³/mol. The summed E-state index contributed by atoms with van der Waals surface area (Å²) in [5.41, 5.74) is 8.61. The minimum Gasteiger partial charge on any atom is -0.397 e. The van der Waals surface area contributed by atoms with Gasteiger partial charge >= 0.3 is 0 Å². The summed E-state index contributed by atoms with van der Waals surface area (Å²) in [5.74, 6) is -0.207. The van der Waals surface area contributed by atoms with Crippen LogP contribution in [0.3, 0.4) is 0 Å². The molecule has 5 heteroatoms. The van der Waals surface area contributed by atoms with E-state index in [9.17, 15) is 4.79 Å². The highest BCUT2D eigenvalue weighted by atomic mass is 16.1. The molecular weight excluding hydrogens is 252 g/mol. The smallest absolute Gasteiger partial charge is 0.270 e. The summed E-state index contributed by atoms with van der Waals surface area (Å²) < 4.78 is 0. The van der Waals surface area contributed by atoms with Crippen LogP contribution < -0.4 is 16.0 Å². The second kappa shape index (κ2) is 6.06. The van der Waals surface area contributed by atoms with Gasteiger partial charge in [-0.3, -0.25) is 4.79 Å². The number of nitrogens with zero attached hydrogens (tertiary/aromatic N) is 2. The van der Waals surface area contributed by atoms with Gasteiger partial charge in [0.1, 0.15) is 5.69 Å². The zero-order valence-electron chi connectivity index (χ0n) is 11.6. The van der Waals surface area contributed by atoms with Crippen molar-refractivity contribution in [3.8, 4) is 0 Å². The van der Waals surface area contributed by atoms with E-state index in [-0.39, 0.29) is 5.91 Å². The van der Waals surface area contributed by atoms with Gasteiger partial charge < -0.3 is 16.0 Å². The van der Waals surface area contributed by atoms with E-state index in [4.69, 9.17) is 5.73 Å². The largest absolute Gasteiger partial charge is 0.397 e. The van der Waals surface area contributed by atoms with E-state index in [0.29, 0.717) is 17.9 Å². The maximum absolute atomic E-state index is 11.9. The molecule has 104 valence electrons. The van der Waals surface area contributed by atoms with Gasteiger partial charge in [-0.1, -0.05) is 12.1 Å². The predicted octanol–water partition coefficient (Wildman–Crippen LogP) is 1.66. The highest BCUT2D eigenvalue weighted by molar-refractivity contribution is 5.92. The van der Waals surface area contributed by atoms with Crippen molar-refractivity contribution >= 4 is 17.3 Å². The van der Waals surface area contributed by atoms with Crippen molar-refractivity contribution in [1.29, 1.82) is 0 Å². The average molecular weight is 270 g/mol. The van der Waals surface area contributed by atoms with Gasteiger partial charge in [-0.2, -0.15) is 0 Å². The average Bonchev–Trinajstić information content (AvgIpc) is 2.46. The Hall–Kier alpha value is -2.56. The number of amides is 1. The van der Waals surface area contributed by atoms with Crippen molar-refractivity contribution < 1.29 is 4.79 Å². The number of nitrogens with one attached hydrogen (secondary N) is 1. The van der Waals surface area contributed by atoms with Gasteiger partial charge in [-0.25, -0.2) is 4.98 Å². The van der Waals surface area contributed by atoms with Crippen LogP contribution in [0.5, 0.6) is 0 Å². The van der Waals surface area contributed by atoms with Gasteiger partial charge in [-0.15, -0.1) is 0 Å². The Morgan fingerprint density at radius 1 is 1.20 bits per heavy atom. The van der Waals surface area contributed by atoms with Crippen LogP contribution in [0.1, 0.15) is 16.1 Å². The molecule has 0 saturated carbocycles. The fourth-order valence-corrected chi connectivity index (χ4v) is 1.72. The molecule has 0 radical (unpaired) electrons. The van der Waals surface area contributed by atoms with E-state index < -0.39 is 0 Å². The van der Waals surface area contributed by atoms with Crippen LogP contribution in [0.4, 0.5) is 11.4 Å². The Kier molecular flexibility index (Phi) is 4.20. The standard InChI is InChI=1S/C15H18N4O/c1-19(2)13-6-3-11(4-7-13)9-18-15(20)14-8-5-12(16)10-17-14/h3-8,10H,9,16H2,1-2H3,(H,18,20). The quantitative estimate of drug-likeness (QED) is 0.886. The molecule has 2 aromatic rings. The number of hydrogen-bond acceptors (Lipinski definition) is 4. The molecule has 20 heavy (non-hydrogen) atoms. The highest BCUT2D eigenvalue weighted by Crippen LogP contribution is 2.12. The molecule has 1 aromatic carbocycles. The number of nitrogens with two attached hydrogens (primary N) is 1. The molecule has 0 aliphatic carbocycles. The lowest BCUT2D eigenvalue weighted by Crippen LogP contribution is -2.23. The lowest BCUT2D eigenvalue weighted by molar-refractivity contribution is 0.0946. The minimum atomic E-state index is -0.207. The molecule has 0 unspecified atom stereocenters. The molecule has 0 aliphatic heterocycles. The first kappa shape index (κ1) is 13.9. The second-order valence-corrected chi connectivity index (χ2v) is 4.72. The molecule has 2 rings (SSSR count). The maximum atomic E-state index is 11.9. The number of aromatic nitrogens is 1. The van der Waals surface area contributed by atoms with E-state index in [0.717, 1.165) is 11.3 Å². The van der Waals surface area contributed by atoms with Crippen LogP contribution in [0.15, 0.2) is 42.6 Å². The lowest BCUT2D eigenvalue weighted by atomic mass is 10.2. The number of carbonyl (C=O) groups excluding carboxylic acids is 1. The Morgan fingerprint density at radius 3 is 2.45 bits per heavy atom. The van der Waals surface area contributed by atoms with E-state index in [2.05, 4.69) is 10.3 Å². The number of hydrogen-bond donors (Lipinski definition) is 2. The van der Waals surface area contributed by atoms with Gasteiger partial charge in [0.2, 0.25) is 0 Å². The van der Waals surface area contributed by atoms with Crippen molar-refractivity contribution in [2.45, 2.75) is 6.54 Å². The Labute approximate surface area is 118 Å². The summed E-state index contributed by atoms with van der Waals surface area (Å²) in [7, 11) is 3.98. The normalized spacial score (nSPS) is 10.1. The molecule has 1 amide bonds. The molecular formula is C15H18N4O. The number of nitrogen functional groups attached to an aromatic ring is 1. The van der Waals surface area contributed by atoms with Crippen molar-refractivity contribution in [1.82, 2.24) is 10.3 Å². The Balaban J connectivity index is 1.94. The molecule has 0 saturated heterocycles. The summed E-state index contributed by atoms with van der Waals surface area (Å²) in [6.45, 7) is 0.471. The van der Waals surface area contributed by atoms with E-state index in [1.54, 1.807) is 12.1 Å². The summed E-state index contributed by atoms with van der Waals surface area (Å²) in [4.78, 5) is 17.9. The van der Waals surface area contributed by atoms with Crippen LogP contribution in [0.25, 0.3) is 0 Å². The zero-order chi connectivity index (χ0) is 14.5. The number of pyridine rings is 1. The molecule has 1 aromatic heterocycles. The van der Waals surface area contributed by atoms with Gasteiger partial charge in [0.25, 0.3) is 5.91 Å². The molecule has 5 nitrogen and oxygen atoms in total. The molecule has 3 N–H and O–H groups in total. The zero-order valence-corrected chi connectivity index (χ0v) is 11.6. The first-order valence-electron chi connectivity index (χ1n) is 6.32. The topological polar surface area (TPSA) is 71.2 Å². The van der Waals surface area contributed by atoms with Gasteiger partial charge in [-0.05, 0) is 29.8 Å². The van der Waals surface area contributed by atoms with E-state index in [1.807, 2.05) is 43.3 Å². The van der Waals surface area contributed by atoms with Crippen molar-refractivity contribution in [3.63, 3.8) is 0 Å². The van der Waals surface area contributed by atoms with Gasteiger partial charge in [0, 0.05) is 26.3 Å². The first-order chi connectivity index (χ1) is 9.56. The second-order valence-electron chi connectivity index (χ2n) is 4.72. The molecule has 0 fully saturated rings. The minimum absolute atomic E-state index is 0.207. The van der Waals surface area contributed by atoms with Crippen LogP contribution in [-0.2, 0) is 6.54 Å². The van der Waals surface area contributed by atoms with Crippen LogP contribution >= 0.6 is 0 Å². The van der Waals surface area contributed by atoms with E-state index >= 15 is 0 Å². The van der Waals surface area contributed by atoms with Crippen LogP contribution in [0, 0.1) is 0 Å². The maximum Gasteiger partial charge on any atom is 0.270 e. The van der Waals surface area contributed by atoms with Crippen molar-refractivity contribution in [2.24, 2.45) is 0 Å². The highest BCUT2D eigenvalue weighted by Gasteiger charge is 2.06. The third kappa shape index (κ3) is 3.47. The number of benzene rings is 1. The molecule has 0 spiro atoms. The molecule has 1 heterocycles. The monoisotopic (exact) mass is 270 g/mol. The number of rotatable bonds is 4. The van der Waals surface area contributed by atoms with Crippen molar-refractivity contribution in [3.05, 3.63) is 53.9 Å². The summed E-state index contributed by atoms with van der Waals surface area (Å²) in [6, 6.07) is 11.3. The van der Waals surface area contributed by atoms with E-state index in [1.165, 1.54) is 6.20 Å². The SMILES string of the molecule is CN(C)c1ccc(CNC(=O)c2ccc(N)cn2)cc1. The first-order valence-corrected chi connectivity index (χ1v) is 6.32. The third-order valence-electron chi connectivity index (χ3n) is 2.92. The summed E-state index contributed by atoms with van der Waals surface area (Å²) >= 11 is 0. The lowest BCUT2D eigenvalue weighted by Gasteiger charge is -2.12. The molecule has 0 bridgehead atoms. The fraction of sp³-hybridized carbons (Fsp3) is 0.200. The Morgan fingerprint density at radius 2 is 1.90 bits per heavy atom. The Bertz CT molecular complexity index is 576. The fourth-order valence-electron chi connectivity index (χ4n) is 1.72. The number of anilines is 2. The van der Waals surface area contributed by atoms with Gasteiger partial charge in [0.05, 0.1) is 11.9 Å².